The van der Waals surface area contributed by atoms with E-state index in [1.807, 2.05) is 18.2 Å². The smallest absolute Gasteiger partial charge is 0.273 e. The lowest BCUT2D eigenvalue weighted by Crippen LogP contribution is -2.16. The predicted octanol–water partition coefficient (Wildman–Crippen LogP) is 4.61. The van der Waals surface area contributed by atoms with Crippen molar-refractivity contribution in [2.45, 2.75) is 0 Å². The van der Waals surface area contributed by atoms with Gasteiger partial charge in [0.15, 0.2) is 11.5 Å². The van der Waals surface area contributed by atoms with Gasteiger partial charge in [-0.2, -0.15) is 0 Å². The molecule has 0 aliphatic carbocycles. The van der Waals surface area contributed by atoms with Crippen molar-refractivity contribution >= 4 is 50.0 Å². The van der Waals surface area contributed by atoms with Crippen LogP contribution in [0.25, 0.3) is 10.9 Å². The summed E-state index contributed by atoms with van der Waals surface area (Å²) in [7, 11) is 0. The maximum atomic E-state index is 12.5. The van der Waals surface area contributed by atoms with Crippen LogP contribution in [0.3, 0.4) is 0 Å². The molecule has 1 amide bonds. The Hall–Kier alpha value is -2.18. The van der Waals surface area contributed by atoms with Crippen molar-refractivity contribution in [2.75, 3.05) is 18.5 Å². The van der Waals surface area contributed by atoms with E-state index < -0.39 is 0 Å². The molecule has 24 heavy (non-hydrogen) atoms. The quantitative estimate of drug-likeness (QED) is 0.652. The van der Waals surface area contributed by atoms with Crippen LogP contribution in [0.15, 0.2) is 40.9 Å². The van der Waals surface area contributed by atoms with Gasteiger partial charge in [-0.25, -0.2) is 0 Å². The Kier molecular flexibility index (Phi) is 3.86. The van der Waals surface area contributed by atoms with Crippen molar-refractivity contribution in [3.8, 4) is 11.5 Å². The van der Waals surface area contributed by atoms with Gasteiger partial charge in [0.1, 0.15) is 18.9 Å². The zero-order valence-electron chi connectivity index (χ0n) is 12.4. The van der Waals surface area contributed by atoms with Gasteiger partial charge >= 0.3 is 0 Å². The Labute approximate surface area is 151 Å². The number of halogens is 2. The number of aromatic nitrogens is 1. The number of carbonyl (C=O) groups excluding carboxylic acids is 1. The zero-order valence-corrected chi connectivity index (χ0v) is 14.7. The summed E-state index contributed by atoms with van der Waals surface area (Å²) in [5, 5.41) is 4.00. The third kappa shape index (κ3) is 2.72. The summed E-state index contributed by atoms with van der Waals surface area (Å²) in [4.78, 5) is 15.6. The van der Waals surface area contributed by atoms with Crippen LogP contribution in [0.5, 0.6) is 11.5 Å². The number of benzene rings is 2. The van der Waals surface area contributed by atoms with Gasteiger partial charge in [-0.3, -0.25) is 4.79 Å². The molecular weight excluding hydrogens is 396 g/mol. The number of rotatable bonds is 2. The summed E-state index contributed by atoms with van der Waals surface area (Å²) in [6.45, 7) is 1.02. The van der Waals surface area contributed by atoms with Gasteiger partial charge in [0.25, 0.3) is 5.91 Å². The molecule has 0 saturated carbocycles. The maximum absolute atomic E-state index is 12.5. The molecule has 5 nitrogen and oxygen atoms in total. The maximum Gasteiger partial charge on any atom is 0.273 e. The minimum atomic E-state index is -0.316. The summed E-state index contributed by atoms with van der Waals surface area (Å²) >= 11 is 9.75. The second-order valence-electron chi connectivity index (χ2n) is 5.32. The fourth-order valence-electron chi connectivity index (χ4n) is 2.60. The second-order valence-corrected chi connectivity index (χ2v) is 6.61. The lowest BCUT2D eigenvalue weighted by molar-refractivity contribution is 0.102. The van der Waals surface area contributed by atoms with Crippen LogP contribution >= 0.6 is 27.5 Å². The monoisotopic (exact) mass is 406 g/mol. The highest BCUT2D eigenvalue weighted by atomic mass is 79.9. The van der Waals surface area contributed by atoms with Crippen molar-refractivity contribution in [1.29, 1.82) is 0 Å². The Balaban J connectivity index is 1.63. The van der Waals surface area contributed by atoms with E-state index in [9.17, 15) is 4.79 Å². The van der Waals surface area contributed by atoms with Crippen LogP contribution in [0, 0.1) is 0 Å². The molecule has 0 bridgehead atoms. The van der Waals surface area contributed by atoms with E-state index in [0.29, 0.717) is 41.1 Å². The topological polar surface area (TPSA) is 63.4 Å². The number of nitrogens with one attached hydrogen (secondary N) is 2. The van der Waals surface area contributed by atoms with Crippen LogP contribution in [0.2, 0.25) is 5.02 Å². The van der Waals surface area contributed by atoms with Crippen molar-refractivity contribution in [3.05, 3.63) is 51.6 Å². The van der Waals surface area contributed by atoms with Gasteiger partial charge in [-0.1, -0.05) is 27.5 Å². The molecule has 0 saturated heterocycles. The average molecular weight is 408 g/mol. The predicted molar refractivity (Wildman–Crippen MR) is 96.4 cm³/mol. The molecule has 0 radical (unpaired) electrons. The second kappa shape index (κ2) is 6.03. The summed E-state index contributed by atoms with van der Waals surface area (Å²) in [5.74, 6) is 0.975. The molecule has 2 N–H and O–H groups in total. The largest absolute Gasteiger partial charge is 0.486 e. The first-order valence-electron chi connectivity index (χ1n) is 7.29. The number of amides is 1. The molecule has 2 heterocycles. The highest BCUT2D eigenvalue weighted by Gasteiger charge is 2.18. The molecule has 1 aliphatic heterocycles. The number of ether oxygens (including phenoxy) is 2. The van der Waals surface area contributed by atoms with E-state index in [0.717, 1.165) is 15.4 Å². The molecule has 2 aromatic carbocycles. The van der Waals surface area contributed by atoms with Crippen molar-refractivity contribution in [1.82, 2.24) is 4.98 Å². The normalized spacial score (nSPS) is 13.1. The van der Waals surface area contributed by atoms with Gasteiger partial charge in [0, 0.05) is 27.1 Å². The van der Waals surface area contributed by atoms with Gasteiger partial charge in [-0.05, 0) is 30.3 Å². The summed E-state index contributed by atoms with van der Waals surface area (Å²) in [6.07, 6.45) is 0. The molecule has 7 heteroatoms. The summed E-state index contributed by atoms with van der Waals surface area (Å²) in [6, 6.07) is 10.9. The Morgan fingerprint density at radius 2 is 1.92 bits per heavy atom. The third-order valence-electron chi connectivity index (χ3n) is 3.72. The lowest BCUT2D eigenvalue weighted by Gasteiger charge is -2.18. The molecule has 0 spiro atoms. The first kappa shape index (κ1) is 15.4. The first-order valence-corrected chi connectivity index (χ1v) is 8.46. The van der Waals surface area contributed by atoms with E-state index in [2.05, 4.69) is 26.2 Å². The highest BCUT2D eigenvalue weighted by Crippen LogP contribution is 2.34. The molecular formula is C17H12BrClN2O3. The number of aromatic amines is 1. The standard InChI is InChI=1S/C17H12BrClN2O3/c18-9-1-3-12-11(7-9)15(19)16(21-12)17(22)20-10-2-4-13-14(8-10)24-6-5-23-13/h1-4,7-8,21H,5-6H2,(H,20,22). The molecule has 1 aromatic heterocycles. The van der Waals surface area contributed by atoms with E-state index in [1.165, 1.54) is 0 Å². The summed E-state index contributed by atoms with van der Waals surface area (Å²) < 4.78 is 11.9. The van der Waals surface area contributed by atoms with E-state index in [4.69, 9.17) is 21.1 Å². The number of fused-ring (bicyclic) bond motifs is 2. The third-order valence-corrected chi connectivity index (χ3v) is 4.61. The van der Waals surface area contributed by atoms with Gasteiger partial charge < -0.3 is 19.8 Å². The lowest BCUT2D eigenvalue weighted by atomic mass is 10.2. The molecule has 0 fully saturated rings. The number of hydrogen-bond acceptors (Lipinski definition) is 3. The SMILES string of the molecule is O=C(Nc1ccc2c(c1)OCCO2)c1[nH]c2ccc(Br)cc2c1Cl. The van der Waals surface area contributed by atoms with E-state index in [-0.39, 0.29) is 5.91 Å². The molecule has 122 valence electrons. The number of anilines is 1. The van der Waals surface area contributed by atoms with Crippen LogP contribution in [-0.2, 0) is 0 Å². The molecule has 1 aliphatic rings. The van der Waals surface area contributed by atoms with E-state index in [1.54, 1.807) is 18.2 Å². The highest BCUT2D eigenvalue weighted by molar-refractivity contribution is 9.10. The average Bonchev–Trinajstić information content (AvgIpc) is 2.91. The van der Waals surface area contributed by atoms with Crippen molar-refractivity contribution < 1.29 is 14.3 Å². The first-order chi connectivity index (χ1) is 11.6. The van der Waals surface area contributed by atoms with Crippen molar-refractivity contribution in [2.24, 2.45) is 0 Å². The Morgan fingerprint density at radius 3 is 2.75 bits per heavy atom. The summed E-state index contributed by atoms with van der Waals surface area (Å²) in [5.41, 5.74) is 1.73. The molecule has 3 aromatic rings. The van der Waals surface area contributed by atoms with Gasteiger partial charge in [0.05, 0.1) is 5.02 Å². The Morgan fingerprint density at radius 1 is 1.12 bits per heavy atom. The van der Waals surface area contributed by atoms with Crippen LogP contribution in [0.1, 0.15) is 10.5 Å². The zero-order chi connectivity index (χ0) is 16.7. The van der Waals surface area contributed by atoms with E-state index >= 15 is 0 Å². The van der Waals surface area contributed by atoms with Crippen molar-refractivity contribution in [3.63, 3.8) is 0 Å². The van der Waals surface area contributed by atoms with Crippen LogP contribution in [0.4, 0.5) is 5.69 Å². The number of H-pyrrole nitrogens is 1. The Bertz CT molecular complexity index is 954. The van der Waals surface area contributed by atoms with Crippen LogP contribution < -0.4 is 14.8 Å². The number of hydrogen-bond donors (Lipinski definition) is 2. The van der Waals surface area contributed by atoms with Gasteiger partial charge in [-0.15, -0.1) is 0 Å². The molecule has 0 atom stereocenters. The van der Waals surface area contributed by atoms with Gasteiger partial charge in [0.2, 0.25) is 0 Å². The fraction of sp³-hybridized carbons (Fsp3) is 0.118. The molecule has 4 rings (SSSR count). The minimum absolute atomic E-state index is 0.316. The number of carbonyl (C=O) groups is 1. The minimum Gasteiger partial charge on any atom is -0.486 e. The fourth-order valence-corrected chi connectivity index (χ4v) is 3.25. The molecule has 0 unspecified atom stereocenters. The van der Waals surface area contributed by atoms with Crippen LogP contribution in [-0.4, -0.2) is 24.1 Å².